The number of para-hydroxylation sites is 2. The van der Waals surface area contributed by atoms with Crippen molar-refractivity contribution in [3.63, 3.8) is 0 Å². The van der Waals surface area contributed by atoms with E-state index in [1.807, 2.05) is 31.2 Å². The summed E-state index contributed by atoms with van der Waals surface area (Å²) < 4.78 is 5.19. The fourth-order valence-corrected chi connectivity index (χ4v) is 1.78. The van der Waals surface area contributed by atoms with Crippen LogP contribution in [0.4, 0.5) is 5.69 Å². The highest BCUT2D eigenvalue weighted by Crippen LogP contribution is 2.22. The second-order valence-corrected chi connectivity index (χ2v) is 4.24. The molecule has 1 aromatic carbocycles. The Morgan fingerprint density at radius 1 is 1.42 bits per heavy atom. The Bertz CT molecular complexity index is 396. The average Bonchev–Trinajstić information content (AvgIpc) is 2.44. The minimum atomic E-state index is -0.0915. The second kappa shape index (κ2) is 8.37. The van der Waals surface area contributed by atoms with Crippen LogP contribution in [0, 0.1) is 0 Å². The van der Waals surface area contributed by atoms with Crippen LogP contribution in [0.1, 0.15) is 19.8 Å². The van der Waals surface area contributed by atoms with Crippen LogP contribution in [-0.2, 0) is 4.79 Å². The molecule has 0 radical (unpaired) electrons. The van der Waals surface area contributed by atoms with Crippen molar-refractivity contribution in [2.24, 2.45) is 0 Å². The standard InChI is InChI=1S/C14H22N2O3/c1-3-11(8-9-17)16-14(18)10-15-12-6-4-5-7-13(12)19-2/h4-7,11,15,17H,3,8-10H2,1-2H3,(H,16,18). The van der Waals surface area contributed by atoms with Gasteiger partial charge in [-0.1, -0.05) is 19.1 Å². The summed E-state index contributed by atoms with van der Waals surface area (Å²) >= 11 is 0. The number of methoxy groups -OCH3 is 1. The summed E-state index contributed by atoms with van der Waals surface area (Å²) in [6.07, 6.45) is 1.39. The quantitative estimate of drug-likeness (QED) is 0.665. The number of rotatable bonds is 8. The van der Waals surface area contributed by atoms with E-state index in [9.17, 15) is 4.79 Å². The molecule has 5 heteroatoms. The smallest absolute Gasteiger partial charge is 0.239 e. The van der Waals surface area contributed by atoms with Crippen LogP contribution in [0.5, 0.6) is 5.75 Å². The van der Waals surface area contributed by atoms with Crippen LogP contribution in [0.3, 0.4) is 0 Å². The number of carbonyl (C=O) groups is 1. The Balaban J connectivity index is 2.45. The van der Waals surface area contributed by atoms with Gasteiger partial charge < -0.3 is 20.5 Å². The lowest BCUT2D eigenvalue weighted by molar-refractivity contribution is -0.120. The first kappa shape index (κ1) is 15.3. The number of benzene rings is 1. The normalized spacial score (nSPS) is 11.7. The number of hydrogen-bond acceptors (Lipinski definition) is 4. The van der Waals surface area contributed by atoms with Gasteiger partial charge in [-0.3, -0.25) is 4.79 Å². The maximum atomic E-state index is 11.8. The molecule has 0 saturated heterocycles. The van der Waals surface area contributed by atoms with Crippen LogP contribution < -0.4 is 15.4 Å². The van der Waals surface area contributed by atoms with Gasteiger partial charge >= 0.3 is 0 Å². The van der Waals surface area contributed by atoms with Gasteiger partial charge in [0.1, 0.15) is 5.75 Å². The van der Waals surface area contributed by atoms with E-state index in [1.165, 1.54) is 0 Å². The number of nitrogens with one attached hydrogen (secondary N) is 2. The molecule has 106 valence electrons. The summed E-state index contributed by atoms with van der Waals surface area (Å²) in [5.74, 6) is 0.615. The van der Waals surface area contributed by atoms with Gasteiger partial charge in [-0.25, -0.2) is 0 Å². The maximum absolute atomic E-state index is 11.8. The van der Waals surface area contributed by atoms with Crippen molar-refractivity contribution in [3.8, 4) is 5.75 Å². The number of aliphatic hydroxyl groups is 1. The highest BCUT2D eigenvalue weighted by Gasteiger charge is 2.10. The van der Waals surface area contributed by atoms with E-state index in [-0.39, 0.29) is 25.1 Å². The van der Waals surface area contributed by atoms with E-state index in [0.717, 1.165) is 12.1 Å². The van der Waals surface area contributed by atoms with E-state index < -0.39 is 0 Å². The zero-order valence-electron chi connectivity index (χ0n) is 11.5. The summed E-state index contributed by atoms with van der Waals surface area (Å²) in [6.45, 7) is 2.25. The van der Waals surface area contributed by atoms with E-state index in [0.29, 0.717) is 12.2 Å². The molecule has 1 aromatic rings. The molecule has 0 aliphatic carbocycles. The van der Waals surface area contributed by atoms with Gasteiger partial charge in [0.15, 0.2) is 0 Å². The molecule has 0 spiro atoms. The number of hydrogen-bond donors (Lipinski definition) is 3. The third-order valence-electron chi connectivity index (χ3n) is 2.88. The number of ether oxygens (including phenoxy) is 1. The molecule has 0 saturated carbocycles. The fraction of sp³-hybridized carbons (Fsp3) is 0.500. The highest BCUT2D eigenvalue weighted by molar-refractivity contribution is 5.81. The first-order valence-corrected chi connectivity index (χ1v) is 6.48. The minimum Gasteiger partial charge on any atom is -0.495 e. The van der Waals surface area contributed by atoms with Gasteiger partial charge in [-0.15, -0.1) is 0 Å². The molecule has 0 bridgehead atoms. The first-order chi connectivity index (χ1) is 9.21. The molecular weight excluding hydrogens is 244 g/mol. The molecule has 5 nitrogen and oxygen atoms in total. The maximum Gasteiger partial charge on any atom is 0.239 e. The molecule has 19 heavy (non-hydrogen) atoms. The third kappa shape index (κ3) is 5.18. The van der Waals surface area contributed by atoms with E-state index >= 15 is 0 Å². The van der Waals surface area contributed by atoms with Gasteiger partial charge in [0.25, 0.3) is 0 Å². The van der Waals surface area contributed by atoms with Gasteiger partial charge in [-0.05, 0) is 25.0 Å². The Labute approximate surface area is 114 Å². The zero-order valence-corrected chi connectivity index (χ0v) is 11.5. The summed E-state index contributed by atoms with van der Waals surface area (Å²) in [4.78, 5) is 11.8. The molecule has 3 N–H and O–H groups in total. The summed E-state index contributed by atoms with van der Waals surface area (Å²) in [5.41, 5.74) is 0.787. The van der Waals surface area contributed by atoms with Crippen molar-refractivity contribution in [1.82, 2.24) is 5.32 Å². The van der Waals surface area contributed by atoms with Crippen LogP contribution >= 0.6 is 0 Å². The Hall–Kier alpha value is -1.75. The molecule has 0 heterocycles. The summed E-state index contributed by atoms with van der Waals surface area (Å²) in [5, 5.41) is 14.8. The lowest BCUT2D eigenvalue weighted by Gasteiger charge is -2.16. The van der Waals surface area contributed by atoms with E-state index in [4.69, 9.17) is 9.84 Å². The predicted octanol–water partition coefficient (Wildman–Crippen LogP) is 1.38. The number of carbonyl (C=O) groups excluding carboxylic acids is 1. The van der Waals surface area contributed by atoms with Crippen molar-refractivity contribution < 1.29 is 14.6 Å². The SMILES string of the molecule is CCC(CCO)NC(=O)CNc1ccccc1OC. The Morgan fingerprint density at radius 3 is 2.79 bits per heavy atom. The largest absolute Gasteiger partial charge is 0.495 e. The van der Waals surface area contributed by atoms with Crippen molar-refractivity contribution in [3.05, 3.63) is 24.3 Å². The van der Waals surface area contributed by atoms with Crippen LogP contribution in [-0.4, -0.2) is 37.3 Å². The van der Waals surface area contributed by atoms with Gasteiger partial charge in [-0.2, -0.15) is 0 Å². The monoisotopic (exact) mass is 266 g/mol. The van der Waals surface area contributed by atoms with Gasteiger partial charge in [0.05, 0.1) is 19.3 Å². The molecule has 0 fully saturated rings. The molecule has 1 unspecified atom stereocenters. The minimum absolute atomic E-state index is 0.0250. The van der Waals surface area contributed by atoms with Crippen molar-refractivity contribution in [1.29, 1.82) is 0 Å². The summed E-state index contributed by atoms with van der Waals surface area (Å²) in [7, 11) is 1.59. The Morgan fingerprint density at radius 2 is 2.16 bits per heavy atom. The van der Waals surface area contributed by atoms with Crippen LogP contribution in [0.25, 0.3) is 0 Å². The molecule has 0 aromatic heterocycles. The number of amides is 1. The van der Waals surface area contributed by atoms with Crippen molar-refractivity contribution >= 4 is 11.6 Å². The zero-order chi connectivity index (χ0) is 14.1. The lowest BCUT2D eigenvalue weighted by atomic mass is 10.1. The molecule has 0 aliphatic heterocycles. The van der Waals surface area contributed by atoms with Crippen LogP contribution in [0.2, 0.25) is 0 Å². The second-order valence-electron chi connectivity index (χ2n) is 4.24. The molecular formula is C14H22N2O3. The molecule has 0 aliphatic rings. The topological polar surface area (TPSA) is 70.6 Å². The predicted molar refractivity (Wildman–Crippen MR) is 75.4 cm³/mol. The average molecular weight is 266 g/mol. The molecule has 1 amide bonds. The molecule has 1 atom stereocenters. The third-order valence-corrected chi connectivity index (χ3v) is 2.88. The molecule has 1 rings (SSSR count). The highest BCUT2D eigenvalue weighted by atomic mass is 16.5. The number of anilines is 1. The van der Waals surface area contributed by atoms with Crippen LogP contribution in [0.15, 0.2) is 24.3 Å². The van der Waals surface area contributed by atoms with Gasteiger partial charge in [0, 0.05) is 12.6 Å². The Kier molecular flexibility index (Phi) is 6.74. The van der Waals surface area contributed by atoms with Crippen molar-refractivity contribution in [2.75, 3.05) is 25.6 Å². The van der Waals surface area contributed by atoms with E-state index in [1.54, 1.807) is 7.11 Å². The number of aliphatic hydroxyl groups excluding tert-OH is 1. The van der Waals surface area contributed by atoms with E-state index in [2.05, 4.69) is 10.6 Å². The summed E-state index contributed by atoms with van der Waals surface area (Å²) in [6, 6.07) is 7.47. The lowest BCUT2D eigenvalue weighted by Crippen LogP contribution is -2.38. The first-order valence-electron chi connectivity index (χ1n) is 6.48. The fourth-order valence-electron chi connectivity index (χ4n) is 1.78. The van der Waals surface area contributed by atoms with Gasteiger partial charge in [0.2, 0.25) is 5.91 Å². The van der Waals surface area contributed by atoms with Crippen molar-refractivity contribution in [2.45, 2.75) is 25.8 Å².